The summed E-state index contributed by atoms with van der Waals surface area (Å²) >= 11 is 0. The van der Waals surface area contributed by atoms with Crippen LogP contribution in [0.4, 0.5) is 0 Å². The number of pyridine rings is 1. The zero-order valence-corrected chi connectivity index (χ0v) is 17.6. The van der Waals surface area contributed by atoms with Crippen molar-refractivity contribution in [2.24, 2.45) is 0 Å². The van der Waals surface area contributed by atoms with Crippen molar-refractivity contribution in [1.82, 2.24) is 9.30 Å². The van der Waals surface area contributed by atoms with Gasteiger partial charge in [0.15, 0.2) is 0 Å². The van der Waals surface area contributed by atoms with Gasteiger partial charge in [-0.05, 0) is 49.4 Å². The molecule has 0 saturated carbocycles. The summed E-state index contributed by atoms with van der Waals surface area (Å²) in [4.78, 5) is 14.1. The van der Waals surface area contributed by atoms with Crippen molar-refractivity contribution in [3.05, 3.63) is 40.7 Å². The van der Waals surface area contributed by atoms with Crippen LogP contribution in [0.25, 0.3) is 5.52 Å². The lowest BCUT2D eigenvalue weighted by molar-refractivity contribution is 0.0187. The maximum atomic E-state index is 11.8. The molecule has 0 aromatic carbocycles. The maximum absolute atomic E-state index is 11.8. The Morgan fingerprint density at radius 1 is 1.22 bits per heavy atom. The third-order valence-electron chi connectivity index (χ3n) is 5.61. The van der Waals surface area contributed by atoms with Gasteiger partial charge in [0.2, 0.25) is 0 Å². The predicted octanol–water partition coefficient (Wildman–Crippen LogP) is 4.88. The predicted molar refractivity (Wildman–Crippen MR) is 110 cm³/mol. The first-order valence-corrected chi connectivity index (χ1v) is 10.1. The van der Waals surface area contributed by atoms with Crippen molar-refractivity contribution in [3.63, 3.8) is 0 Å². The lowest BCUT2D eigenvalue weighted by Gasteiger charge is -2.34. The highest BCUT2D eigenvalue weighted by Crippen LogP contribution is 2.31. The average Bonchev–Trinajstić information content (AvgIpc) is 3.12. The van der Waals surface area contributed by atoms with E-state index in [1.807, 2.05) is 20.8 Å². The standard InChI is InChI=1S/C20H28N2O3.C2H6/c1-5-13(2)16-10-17-11-18(20(23)24)14(3)19(22(17)12-16)15(4)21-6-8-25-9-7-21;1-2/h10-13,15H,5-9H2,1-4H3,(H,23,24);1-2H3. The number of carbonyl (C=O) groups is 1. The molecule has 2 aromatic rings. The number of ether oxygens (including phenoxy) is 1. The third-order valence-corrected chi connectivity index (χ3v) is 5.61. The van der Waals surface area contributed by atoms with Crippen molar-refractivity contribution >= 4 is 11.5 Å². The van der Waals surface area contributed by atoms with E-state index in [9.17, 15) is 9.90 Å². The number of aromatic nitrogens is 1. The second-order valence-corrected chi connectivity index (χ2v) is 7.08. The van der Waals surface area contributed by atoms with Gasteiger partial charge in [0.1, 0.15) is 0 Å². The van der Waals surface area contributed by atoms with Crippen LogP contribution in [0.5, 0.6) is 0 Å². The third kappa shape index (κ3) is 4.36. The Labute approximate surface area is 162 Å². The number of rotatable bonds is 5. The van der Waals surface area contributed by atoms with Crippen molar-refractivity contribution in [1.29, 1.82) is 0 Å². The molecule has 0 radical (unpaired) electrons. The number of nitrogens with zero attached hydrogens (tertiary/aromatic N) is 2. The van der Waals surface area contributed by atoms with Gasteiger partial charge >= 0.3 is 5.97 Å². The molecule has 3 rings (SSSR count). The lowest BCUT2D eigenvalue weighted by atomic mass is 10.0. The fraction of sp³-hybridized carbons (Fsp3) is 0.591. The number of hydrogen-bond donors (Lipinski definition) is 1. The molecule has 0 bridgehead atoms. The minimum atomic E-state index is -0.860. The van der Waals surface area contributed by atoms with E-state index in [1.165, 1.54) is 5.56 Å². The molecular formula is C22H34N2O3. The molecule has 0 aliphatic carbocycles. The van der Waals surface area contributed by atoms with E-state index in [0.29, 0.717) is 11.5 Å². The molecule has 1 fully saturated rings. The van der Waals surface area contributed by atoms with Crippen molar-refractivity contribution in [2.75, 3.05) is 26.3 Å². The van der Waals surface area contributed by atoms with Gasteiger partial charge in [-0.1, -0.05) is 27.7 Å². The molecular weight excluding hydrogens is 340 g/mol. The Balaban J connectivity index is 0.00000126. The largest absolute Gasteiger partial charge is 0.478 e. The van der Waals surface area contributed by atoms with Gasteiger partial charge in [0, 0.05) is 36.5 Å². The van der Waals surface area contributed by atoms with E-state index >= 15 is 0 Å². The minimum Gasteiger partial charge on any atom is -0.478 e. The van der Waals surface area contributed by atoms with Crippen LogP contribution in [0.3, 0.4) is 0 Å². The van der Waals surface area contributed by atoms with Crippen LogP contribution < -0.4 is 0 Å². The summed E-state index contributed by atoms with van der Waals surface area (Å²) in [6.07, 6.45) is 3.25. The first kappa shape index (κ1) is 21.5. The zero-order valence-electron chi connectivity index (χ0n) is 17.6. The average molecular weight is 375 g/mol. The van der Waals surface area contributed by atoms with Crippen molar-refractivity contribution in [2.45, 2.75) is 59.9 Å². The summed E-state index contributed by atoms with van der Waals surface area (Å²) in [6, 6.07) is 4.08. The van der Waals surface area contributed by atoms with Crippen LogP contribution in [-0.2, 0) is 4.74 Å². The van der Waals surface area contributed by atoms with Gasteiger partial charge in [-0.3, -0.25) is 4.90 Å². The molecule has 150 valence electrons. The molecule has 0 amide bonds. The Morgan fingerprint density at radius 3 is 2.41 bits per heavy atom. The van der Waals surface area contributed by atoms with Crippen molar-refractivity contribution in [3.8, 4) is 0 Å². The fourth-order valence-electron chi connectivity index (χ4n) is 3.78. The van der Waals surface area contributed by atoms with E-state index in [0.717, 1.165) is 49.5 Å². The Kier molecular flexibility index (Phi) is 7.45. The molecule has 1 aliphatic heterocycles. The fourth-order valence-corrected chi connectivity index (χ4v) is 3.78. The number of aromatic carboxylic acids is 1. The molecule has 2 atom stereocenters. The Hall–Kier alpha value is -1.85. The van der Waals surface area contributed by atoms with Crippen LogP contribution >= 0.6 is 0 Å². The summed E-state index contributed by atoms with van der Waals surface area (Å²) in [5.41, 5.74) is 4.56. The number of fused-ring (bicyclic) bond motifs is 1. The van der Waals surface area contributed by atoms with Gasteiger partial charge in [-0.2, -0.15) is 0 Å². The number of carboxylic acids is 1. The quantitative estimate of drug-likeness (QED) is 0.810. The maximum Gasteiger partial charge on any atom is 0.336 e. The first-order chi connectivity index (χ1) is 12.9. The van der Waals surface area contributed by atoms with E-state index in [2.05, 4.69) is 42.3 Å². The highest BCUT2D eigenvalue weighted by Gasteiger charge is 2.25. The molecule has 1 aliphatic rings. The summed E-state index contributed by atoms with van der Waals surface area (Å²) in [6.45, 7) is 15.7. The molecule has 3 heterocycles. The summed E-state index contributed by atoms with van der Waals surface area (Å²) in [7, 11) is 0. The molecule has 1 saturated heterocycles. The monoisotopic (exact) mass is 374 g/mol. The first-order valence-electron chi connectivity index (χ1n) is 10.1. The Morgan fingerprint density at radius 2 is 1.85 bits per heavy atom. The summed E-state index contributed by atoms with van der Waals surface area (Å²) in [5.74, 6) is -0.401. The van der Waals surface area contributed by atoms with Crippen LogP contribution in [0.2, 0.25) is 0 Å². The van der Waals surface area contributed by atoms with Crippen LogP contribution in [-0.4, -0.2) is 46.7 Å². The number of carboxylic acid groups (broad SMARTS) is 1. The number of hydrogen-bond acceptors (Lipinski definition) is 3. The van der Waals surface area contributed by atoms with Crippen LogP contribution in [0.15, 0.2) is 18.3 Å². The summed E-state index contributed by atoms with van der Waals surface area (Å²) in [5, 5.41) is 9.66. The second-order valence-electron chi connectivity index (χ2n) is 7.08. The van der Waals surface area contributed by atoms with Crippen LogP contribution in [0, 0.1) is 6.92 Å². The molecule has 1 N–H and O–H groups in total. The zero-order chi connectivity index (χ0) is 20.1. The van der Waals surface area contributed by atoms with Crippen molar-refractivity contribution < 1.29 is 14.6 Å². The second kappa shape index (κ2) is 9.38. The van der Waals surface area contributed by atoms with Crippen LogP contribution in [0.1, 0.15) is 80.2 Å². The van der Waals surface area contributed by atoms with Gasteiger partial charge in [0.25, 0.3) is 0 Å². The molecule has 0 spiro atoms. The topological polar surface area (TPSA) is 54.2 Å². The van der Waals surface area contributed by atoms with Gasteiger partial charge in [-0.25, -0.2) is 4.79 Å². The number of morpholine rings is 1. The molecule has 27 heavy (non-hydrogen) atoms. The molecule has 2 aromatic heterocycles. The Bertz CT molecular complexity index is 775. The highest BCUT2D eigenvalue weighted by molar-refractivity contribution is 5.91. The van der Waals surface area contributed by atoms with E-state index in [1.54, 1.807) is 6.07 Å². The molecule has 5 nitrogen and oxygen atoms in total. The SMILES string of the molecule is CC.CCC(C)c1cc2cc(C(=O)O)c(C)c(C(C)N3CCOCC3)n2c1. The smallest absolute Gasteiger partial charge is 0.336 e. The minimum absolute atomic E-state index is 0.142. The van der Waals surface area contributed by atoms with E-state index < -0.39 is 5.97 Å². The van der Waals surface area contributed by atoms with Gasteiger partial charge in [-0.15, -0.1) is 0 Å². The lowest BCUT2D eigenvalue weighted by Crippen LogP contribution is -2.39. The normalized spacial score (nSPS) is 17.3. The van der Waals surface area contributed by atoms with E-state index in [4.69, 9.17) is 4.74 Å². The van der Waals surface area contributed by atoms with E-state index in [-0.39, 0.29) is 6.04 Å². The highest BCUT2D eigenvalue weighted by atomic mass is 16.5. The van der Waals surface area contributed by atoms with Gasteiger partial charge in [0.05, 0.1) is 18.8 Å². The molecule has 5 heteroatoms. The summed E-state index contributed by atoms with van der Waals surface area (Å²) < 4.78 is 7.67. The molecule has 2 unspecified atom stereocenters. The van der Waals surface area contributed by atoms with Gasteiger partial charge < -0.3 is 14.2 Å².